The zero-order valence-corrected chi connectivity index (χ0v) is 8.21. The van der Waals surface area contributed by atoms with Gasteiger partial charge in [0.25, 0.3) is 0 Å². The Morgan fingerprint density at radius 1 is 1.80 bits per heavy atom. The largest absolute Gasteiger partial charge is 0.374 e. The quantitative estimate of drug-likeness (QED) is 0.676. The maximum absolute atomic E-state index is 10.7. The maximum atomic E-state index is 10.7. The Bertz CT molecular complexity index is 326. The van der Waals surface area contributed by atoms with Crippen molar-refractivity contribution in [3.05, 3.63) is 24.9 Å². The summed E-state index contributed by atoms with van der Waals surface area (Å²) in [5.74, 6) is 0. The molecule has 0 fully saturated rings. The summed E-state index contributed by atoms with van der Waals surface area (Å²) in [6.07, 6.45) is -0.601. The fourth-order valence-corrected chi connectivity index (χ4v) is 1.12. The summed E-state index contributed by atoms with van der Waals surface area (Å²) in [4.78, 5) is 23.2. The van der Waals surface area contributed by atoms with Crippen molar-refractivity contribution in [3.8, 4) is 0 Å². The van der Waals surface area contributed by atoms with Crippen molar-refractivity contribution in [1.29, 1.82) is 0 Å². The Kier molecular flexibility index (Phi) is 1.70. The van der Waals surface area contributed by atoms with Crippen molar-refractivity contribution < 1.29 is 1.37 Å². The van der Waals surface area contributed by atoms with Gasteiger partial charge in [-0.05, 0) is 0 Å². The summed E-state index contributed by atoms with van der Waals surface area (Å²) in [6, 6.07) is 0. The minimum Gasteiger partial charge on any atom is -0.374 e. The second kappa shape index (κ2) is 2.68. The monoisotopic (exact) mass is 403 g/mol. The minimum atomic E-state index is -0.601. The molecule has 1 unspecified atom stereocenters. The summed E-state index contributed by atoms with van der Waals surface area (Å²) in [7, 11) is 0. The van der Waals surface area contributed by atoms with Crippen LogP contribution in [0.3, 0.4) is 0 Å². The predicted molar refractivity (Wildman–Crippen MR) is 36.2 cm³/mol. The molecule has 1 radical (unpaired) electrons. The van der Waals surface area contributed by atoms with E-state index in [4.69, 9.17) is 1.37 Å². The van der Waals surface area contributed by atoms with Gasteiger partial charge in [-0.25, -0.2) is 0 Å². The fraction of sp³-hybridized carbons (Fsp3) is 0.400. The molecule has 1 N–H and O–H groups in total. The van der Waals surface area contributed by atoms with Gasteiger partial charge in [0.15, 0.2) is 5.56 Å². The van der Waals surface area contributed by atoms with Gasteiger partial charge in [0.1, 0.15) is 4.87 Å². The normalized spacial score (nSPS) is 13.5. The molecule has 0 aromatic carbocycles. The smallest absolute Gasteiger partial charge is 0.166 e. The third-order valence-corrected chi connectivity index (χ3v) is 1.83. The summed E-state index contributed by atoms with van der Waals surface area (Å²) >= 11 is 0.811. The Labute approximate surface area is 56.7 Å². The van der Waals surface area contributed by atoms with Crippen LogP contribution in [0.4, 0.5) is 0 Å². The van der Waals surface area contributed by atoms with E-state index < -0.39 is 12.0 Å². The van der Waals surface area contributed by atoms with E-state index in [0.717, 1.165) is 11.3 Å². The molecule has 0 amide bonds. The molecule has 1 rings (SSSR count). The van der Waals surface area contributed by atoms with Gasteiger partial charge in [-0.15, -0.1) is 0 Å². The maximum Gasteiger partial charge on any atom is 0.166 e. The van der Waals surface area contributed by atoms with Crippen LogP contribution in [0.1, 0.15) is 13.2 Å². The Balaban J connectivity index is 0.000001000. The Morgan fingerprint density at radius 3 is 2.60 bits per heavy atom. The Morgan fingerprint density at radius 2 is 2.40 bits per heavy atom. The molecule has 10 heavy (non-hydrogen) atoms. The van der Waals surface area contributed by atoms with Gasteiger partial charge in [0, 0.05) is 1.37 Å². The topological polar surface area (TPSA) is 49.9 Å². The Hall–Kier alpha value is -1.77. The molecule has 3 nitrogen and oxygen atoms in total. The molecule has 0 spiro atoms. The van der Waals surface area contributed by atoms with Crippen molar-refractivity contribution in [1.82, 2.24) is 4.98 Å². The molecule has 1 aromatic rings. The van der Waals surface area contributed by atoms with Crippen molar-refractivity contribution in [2.45, 2.75) is 13.3 Å². The van der Waals surface area contributed by atoms with E-state index >= 15 is 0 Å². The van der Waals surface area contributed by atoms with E-state index in [1.54, 1.807) is 6.92 Å². The van der Waals surface area contributed by atoms with E-state index in [9.17, 15) is 9.59 Å². The number of thiazole rings is 1. The van der Waals surface area contributed by atoms with Crippen molar-refractivity contribution in [2.24, 2.45) is 0 Å². The van der Waals surface area contributed by atoms with Gasteiger partial charge < -0.3 is 9.78 Å². The molecule has 0 aliphatic carbocycles. The van der Waals surface area contributed by atoms with Crippen LogP contribution < -0.4 is 10.4 Å². The van der Waals surface area contributed by atoms with Crippen LogP contribution in [0.2, 0.25) is 0 Å². The van der Waals surface area contributed by atoms with Gasteiger partial charge in [-0.2, -0.15) is 0 Å². The molecule has 5 heteroatoms. The summed E-state index contributed by atoms with van der Waals surface area (Å²) in [5, 5.41) is 0. The van der Waals surface area contributed by atoms with Crippen LogP contribution in [-0.2, 0) is 6.40 Å². The second-order valence-electron chi connectivity index (χ2n) is 1.50. The molecule has 63 valence electrons. The molecule has 1 heterocycles. The van der Waals surface area contributed by atoms with Gasteiger partial charge in [-0.3, -0.25) is 16.1 Å². The first-order chi connectivity index (χ1) is 4.61. The first-order valence-corrected chi connectivity index (χ1v) is 3.25. The number of nitrogens with one attached hydrogen (secondary N) is 1. The third kappa shape index (κ3) is 1.14. The minimum absolute atomic E-state index is 0. The molecular formula is C5H6MdNO2S-. The average Bonchev–Trinajstić information content (AvgIpc) is 2.10. The number of aryl methyl sites for hydroxylation is 1. The molecule has 0 saturated carbocycles. The zero-order chi connectivity index (χ0) is 7.72. The standard InChI is InChI=1S/C5H6NO2S.Md/c1-2-3-4(7)6-5(8)9-3;/h2H2,1H3,(H,6,7,8);/q-1;/i2D;. The zero-order valence-electron chi connectivity index (χ0n) is 6.08. The molecule has 0 saturated heterocycles. The average molecular weight is 403 g/mol. The van der Waals surface area contributed by atoms with Gasteiger partial charge in [0.05, 0.1) is 0 Å². The van der Waals surface area contributed by atoms with Crippen LogP contribution in [0.15, 0.2) is 9.59 Å². The first kappa shape index (κ1) is 6.35. The van der Waals surface area contributed by atoms with Crippen LogP contribution in [-0.4, -0.2) is 4.98 Å². The van der Waals surface area contributed by atoms with Crippen LogP contribution in [0.25, 0.3) is 0 Å². The van der Waals surface area contributed by atoms with E-state index in [1.165, 1.54) is 0 Å². The van der Waals surface area contributed by atoms with E-state index in [2.05, 4.69) is 4.98 Å². The van der Waals surface area contributed by atoms with Crippen molar-refractivity contribution in [3.63, 3.8) is 0 Å². The summed E-state index contributed by atoms with van der Waals surface area (Å²) < 4.78 is 7.12. The van der Waals surface area contributed by atoms with Crippen LogP contribution in [0, 0.1) is 0 Å². The van der Waals surface area contributed by atoms with Crippen LogP contribution in [0.5, 0.6) is 0 Å². The number of aromatic nitrogens is 1. The van der Waals surface area contributed by atoms with E-state index in [1.807, 2.05) is 0 Å². The van der Waals surface area contributed by atoms with Crippen LogP contribution >= 0.6 is 11.3 Å². The predicted octanol–water partition coefficient (Wildman–Crippen LogP) is 0.0779. The molecule has 0 aliphatic rings. The SMILES string of the molecule is [2H]C(C)[c-]1sc(=O)[nH]c1=O.[Md]. The number of hydrogen-bond donors (Lipinski definition) is 1. The van der Waals surface area contributed by atoms with Crippen molar-refractivity contribution in [2.75, 3.05) is 0 Å². The molecule has 0 bridgehead atoms. The summed E-state index contributed by atoms with van der Waals surface area (Å²) in [6.45, 7) is 1.56. The molecule has 0 aliphatic heterocycles. The number of aromatic amines is 1. The first-order valence-electron chi connectivity index (χ1n) is 3.01. The molecular weight excluding hydrogens is 396 g/mol. The van der Waals surface area contributed by atoms with E-state index in [0.29, 0.717) is 0 Å². The third-order valence-electron chi connectivity index (χ3n) is 0.904. The van der Waals surface area contributed by atoms with Gasteiger partial charge in [-0.1, -0.05) is 18.2 Å². The number of rotatable bonds is 1. The number of hydrogen-bond acceptors (Lipinski definition) is 3. The van der Waals surface area contributed by atoms with Gasteiger partial charge >= 0.3 is 0 Å². The summed E-state index contributed by atoms with van der Waals surface area (Å²) in [5.41, 5.74) is -0.419. The second-order valence-corrected chi connectivity index (χ2v) is 2.51. The molecule has 1 atom stereocenters. The van der Waals surface area contributed by atoms with E-state index in [-0.39, 0.29) is 9.75 Å². The molecule has 1 aromatic heterocycles. The number of H-pyrrole nitrogens is 1. The fourth-order valence-electron chi connectivity index (χ4n) is 0.516. The van der Waals surface area contributed by atoms with Crippen molar-refractivity contribution >= 4 is 11.3 Å². The van der Waals surface area contributed by atoms with Gasteiger partial charge in [0.2, 0.25) is 0 Å².